The highest BCUT2D eigenvalue weighted by atomic mass is 35.5. The average Bonchev–Trinajstić information content (AvgIpc) is 3.49. The van der Waals surface area contributed by atoms with E-state index in [0.29, 0.717) is 23.1 Å². The first-order valence-corrected chi connectivity index (χ1v) is 15.2. The monoisotopic (exact) mass is 604 g/mol. The predicted molar refractivity (Wildman–Crippen MR) is 171 cm³/mol. The topological polar surface area (TPSA) is 57.5 Å². The summed E-state index contributed by atoms with van der Waals surface area (Å²) < 4.78 is 1.86. The molecule has 0 saturated carbocycles. The Bertz CT molecular complexity index is 1480. The minimum Gasteiger partial charge on any atom is -0.369 e. The number of hydrogen-bond donors (Lipinski definition) is 0. The van der Waals surface area contributed by atoms with E-state index in [2.05, 4.69) is 50.2 Å². The molecule has 0 radical (unpaired) electrons. The largest absolute Gasteiger partial charge is 0.369 e. The van der Waals surface area contributed by atoms with Gasteiger partial charge < -0.3 is 9.80 Å². The lowest BCUT2D eigenvalue weighted by molar-refractivity contribution is 0.0782. The fourth-order valence-corrected chi connectivity index (χ4v) is 6.16. The number of hydrogen-bond acceptors (Lipinski definition) is 5. The molecule has 1 amide bonds. The summed E-state index contributed by atoms with van der Waals surface area (Å²) in [5.74, 6) is 0.158. The van der Waals surface area contributed by atoms with Gasteiger partial charge in [-0.15, -0.1) is 0 Å². The zero-order valence-electron chi connectivity index (χ0n) is 24.5. The van der Waals surface area contributed by atoms with E-state index in [4.69, 9.17) is 23.2 Å². The quantitative estimate of drug-likeness (QED) is 0.212. The molecule has 0 bridgehead atoms. The molecule has 220 valence electrons. The lowest BCUT2D eigenvalue weighted by Gasteiger charge is -2.37. The number of halogens is 2. The Labute approximate surface area is 258 Å². The molecule has 1 aromatic heterocycles. The van der Waals surface area contributed by atoms with E-state index in [9.17, 15) is 4.79 Å². The summed E-state index contributed by atoms with van der Waals surface area (Å²) in [4.78, 5) is 24.3. The second kappa shape index (κ2) is 13.7. The highest BCUT2D eigenvalue weighted by Crippen LogP contribution is 2.30. The fourth-order valence-electron chi connectivity index (χ4n) is 5.85. The van der Waals surface area contributed by atoms with Crippen LogP contribution in [0.1, 0.15) is 45.0 Å². The average molecular weight is 606 g/mol. The minimum atomic E-state index is 0.0324. The van der Waals surface area contributed by atoms with Crippen molar-refractivity contribution in [3.63, 3.8) is 0 Å². The molecule has 1 atom stereocenters. The SMILES string of the molecule is Cc1cc(C)cc(C(=O)N(C)C[C@@H](CCN2CCN(c3ccccc3Cn3cncn3)CC2)c2ccc(Cl)c(Cl)c2)c1. The molecule has 1 fully saturated rings. The molecule has 1 aliphatic heterocycles. The Morgan fingerprint density at radius 1 is 0.952 bits per heavy atom. The molecule has 3 aromatic carbocycles. The van der Waals surface area contributed by atoms with Gasteiger partial charge in [0.15, 0.2) is 0 Å². The number of carbonyl (C=O) groups is 1. The van der Waals surface area contributed by atoms with E-state index >= 15 is 0 Å². The molecular formula is C33H38Cl2N6O. The van der Waals surface area contributed by atoms with Crippen molar-refractivity contribution in [3.8, 4) is 0 Å². The Morgan fingerprint density at radius 2 is 1.69 bits per heavy atom. The van der Waals surface area contributed by atoms with Crippen molar-refractivity contribution in [1.29, 1.82) is 0 Å². The summed E-state index contributed by atoms with van der Waals surface area (Å²) in [7, 11) is 1.89. The smallest absolute Gasteiger partial charge is 0.253 e. The van der Waals surface area contributed by atoms with Gasteiger partial charge in [-0.1, -0.05) is 64.7 Å². The molecule has 5 rings (SSSR count). The van der Waals surface area contributed by atoms with Gasteiger partial charge in [-0.05, 0) is 68.3 Å². The van der Waals surface area contributed by atoms with Crippen molar-refractivity contribution >= 4 is 34.8 Å². The molecule has 7 nitrogen and oxygen atoms in total. The van der Waals surface area contributed by atoms with Gasteiger partial charge in [-0.25, -0.2) is 9.67 Å². The molecule has 9 heteroatoms. The van der Waals surface area contributed by atoms with E-state index in [1.807, 2.05) is 60.8 Å². The molecule has 0 aliphatic carbocycles. The molecule has 0 spiro atoms. The van der Waals surface area contributed by atoms with Crippen LogP contribution in [0, 0.1) is 13.8 Å². The number of amides is 1. The van der Waals surface area contributed by atoms with Gasteiger partial charge in [0.25, 0.3) is 5.91 Å². The van der Waals surface area contributed by atoms with Gasteiger partial charge in [0.1, 0.15) is 12.7 Å². The number of likely N-dealkylation sites (N-methyl/N-ethyl adjacent to an activating group) is 1. The first-order valence-electron chi connectivity index (χ1n) is 14.4. The van der Waals surface area contributed by atoms with Gasteiger partial charge in [0, 0.05) is 56.9 Å². The number of aromatic nitrogens is 3. The lowest BCUT2D eigenvalue weighted by atomic mass is 9.94. The van der Waals surface area contributed by atoms with Gasteiger partial charge in [-0.2, -0.15) is 5.10 Å². The molecule has 2 heterocycles. The Balaban J connectivity index is 1.23. The Kier molecular flexibility index (Phi) is 9.83. The van der Waals surface area contributed by atoms with Crippen LogP contribution >= 0.6 is 23.2 Å². The third kappa shape index (κ3) is 7.51. The van der Waals surface area contributed by atoms with Crippen molar-refractivity contribution < 1.29 is 4.79 Å². The molecule has 4 aromatic rings. The van der Waals surface area contributed by atoms with E-state index in [1.54, 1.807) is 12.7 Å². The van der Waals surface area contributed by atoms with Crippen LogP contribution in [0.3, 0.4) is 0 Å². The van der Waals surface area contributed by atoms with Crippen molar-refractivity contribution in [2.45, 2.75) is 32.7 Å². The van der Waals surface area contributed by atoms with Crippen LogP contribution in [0.15, 0.2) is 73.3 Å². The van der Waals surface area contributed by atoms with Crippen molar-refractivity contribution in [3.05, 3.63) is 111 Å². The second-order valence-corrected chi connectivity index (χ2v) is 12.1. The zero-order chi connectivity index (χ0) is 29.6. The van der Waals surface area contributed by atoms with Crippen molar-refractivity contribution in [1.82, 2.24) is 24.6 Å². The third-order valence-electron chi connectivity index (χ3n) is 8.02. The number of para-hydroxylation sites is 1. The van der Waals surface area contributed by atoms with E-state index in [-0.39, 0.29) is 11.8 Å². The summed E-state index contributed by atoms with van der Waals surface area (Å²) in [6, 6.07) is 20.4. The molecular weight excluding hydrogens is 567 g/mol. The maximum absolute atomic E-state index is 13.4. The first kappa shape index (κ1) is 30.1. The normalized spacial score (nSPS) is 14.6. The van der Waals surface area contributed by atoms with Crippen LogP contribution in [0.4, 0.5) is 5.69 Å². The maximum atomic E-state index is 13.4. The highest BCUT2D eigenvalue weighted by Gasteiger charge is 2.23. The first-order chi connectivity index (χ1) is 20.3. The number of benzene rings is 3. The Hall–Kier alpha value is -3.39. The number of nitrogens with zero attached hydrogens (tertiary/aromatic N) is 6. The van der Waals surface area contributed by atoms with Crippen LogP contribution in [0.25, 0.3) is 0 Å². The maximum Gasteiger partial charge on any atom is 0.253 e. The third-order valence-corrected chi connectivity index (χ3v) is 8.76. The minimum absolute atomic E-state index is 0.0324. The second-order valence-electron chi connectivity index (χ2n) is 11.3. The van der Waals surface area contributed by atoms with Gasteiger partial charge >= 0.3 is 0 Å². The highest BCUT2D eigenvalue weighted by molar-refractivity contribution is 6.42. The standard InChI is InChI=1S/C33H38Cl2N6O/c1-24-16-25(2)18-29(17-24)33(42)38(3)20-27(26-8-9-30(34)31(35)19-26)10-11-39-12-14-40(15-13-39)32-7-5-4-6-28(32)21-41-23-36-22-37-41/h4-9,16-19,22-23,27H,10-15,20-21H2,1-3H3/t27-/m1/s1. The lowest BCUT2D eigenvalue weighted by Crippen LogP contribution is -2.47. The van der Waals surface area contributed by atoms with E-state index in [0.717, 1.165) is 61.4 Å². The van der Waals surface area contributed by atoms with Crippen LogP contribution in [-0.2, 0) is 6.54 Å². The number of anilines is 1. The van der Waals surface area contributed by atoms with Crippen LogP contribution < -0.4 is 4.90 Å². The van der Waals surface area contributed by atoms with Gasteiger partial charge in [0.05, 0.1) is 16.6 Å². The molecule has 1 saturated heterocycles. The fraction of sp³-hybridized carbons (Fsp3) is 0.364. The summed E-state index contributed by atoms with van der Waals surface area (Å²) in [5, 5.41) is 5.36. The Morgan fingerprint density at radius 3 is 2.38 bits per heavy atom. The zero-order valence-corrected chi connectivity index (χ0v) is 26.0. The van der Waals surface area contributed by atoms with Gasteiger partial charge in [-0.3, -0.25) is 9.69 Å². The predicted octanol–water partition coefficient (Wildman–Crippen LogP) is 6.32. The van der Waals surface area contributed by atoms with E-state index in [1.165, 1.54) is 11.3 Å². The summed E-state index contributed by atoms with van der Waals surface area (Å²) in [6.45, 7) is 10.1. The van der Waals surface area contributed by atoms with Crippen LogP contribution in [-0.4, -0.2) is 76.8 Å². The number of piperazine rings is 1. The number of rotatable bonds is 10. The van der Waals surface area contributed by atoms with Crippen molar-refractivity contribution in [2.75, 3.05) is 51.2 Å². The van der Waals surface area contributed by atoms with Crippen molar-refractivity contribution in [2.24, 2.45) is 0 Å². The van der Waals surface area contributed by atoms with E-state index < -0.39 is 0 Å². The number of aryl methyl sites for hydroxylation is 2. The van der Waals surface area contributed by atoms with Gasteiger partial charge in [0.2, 0.25) is 0 Å². The summed E-state index contributed by atoms with van der Waals surface area (Å²) in [5.41, 5.74) is 6.51. The molecule has 0 N–H and O–H groups in total. The molecule has 1 aliphatic rings. The van der Waals surface area contributed by atoms with Crippen LogP contribution in [0.5, 0.6) is 0 Å². The summed E-state index contributed by atoms with van der Waals surface area (Å²) >= 11 is 12.7. The summed E-state index contributed by atoms with van der Waals surface area (Å²) in [6.07, 6.45) is 4.24. The molecule has 42 heavy (non-hydrogen) atoms. The number of carbonyl (C=O) groups excluding carboxylic acids is 1. The molecule has 0 unspecified atom stereocenters. The van der Waals surface area contributed by atoms with Crippen LogP contribution in [0.2, 0.25) is 10.0 Å².